The van der Waals surface area contributed by atoms with Crippen LogP contribution in [-0.4, -0.2) is 99.4 Å². The Morgan fingerprint density at radius 1 is 1.16 bits per heavy atom. The van der Waals surface area contributed by atoms with Crippen LogP contribution in [-0.2, 0) is 28.6 Å². The summed E-state index contributed by atoms with van der Waals surface area (Å²) in [5.74, 6) is -2.06. The molecule has 2 amide bonds. The normalized spacial score (nSPS) is 29.8. The molecule has 1 heterocycles. The number of fused-ring (bicyclic) bond motifs is 2. The number of allylic oxidation sites excluding steroid dienone is 4. The van der Waals surface area contributed by atoms with Gasteiger partial charge in [0.05, 0.1) is 23.6 Å². The summed E-state index contributed by atoms with van der Waals surface area (Å²) in [5.41, 5.74) is 6.55. The highest BCUT2D eigenvalue weighted by molar-refractivity contribution is 6.23. The number of likely N-dealkylation sites (N-methyl/N-ethyl adjacent to an activating group) is 1. The molecule has 0 aromatic rings. The molecule has 6 atom stereocenters. The number of hydrogen-bond donors (Lipinski definition) is 4. The number of carbonyl (C=O) groups is 4. The van der Waals surface area contributed by atoms with E-state index in [1.54, 1.807) is 32.1 Å². The smallest absolute Gasteiger partial charge is 0.405 e. The van der Waals surface area contributed by atoms with Crippen LogP contribution in [0.4, 0.5) is 4.79 Å². The Hall–Kier alpha value is -3.58. The van der Waals surface area contributed by atoms with Crippen LogP contribution in [0.25, 0.3) is 0 Å². The first-order valence-corrected chi connectivity index (χ1v) is 14.7. The van der Waals surface area contributed by atoms with Crippen LogP contribution in [0.3, 0.4) is 0 Å². The Bertz CT molecular complexity index is 1230. The highest BCUT2D eigenvalue weighted by atomic mass is 16.6. The van der Waals surface area contributed by atoms with Crippen molar-refractivity contribution in [3.8, 4) is 0 Å². The second kappa shape index (κ2) is 17.0. The lowest BCUT2D eigenvalue weighted by molar-refractivity contribution is -0.120. The maximum atomic E-state index is 13.7. The number of methoxy groups -OCH3 is 2. The number of carbonyl (C=O) groups excluding carboxylic acids is 4. The average Bonchev–Trinajstić information content (AvgIpc) is 2.95. The molecule has 0 radical (unpaired) electrons. The number of nitrogens with two attached hydrogens (primary N) is 1. The minimum Gasteiger partial charge on any atom is -0.439 e. The third-order valence-electron chi connectivity index (χ3n) is 7.65. The molecule has 12 nitrogen and oxygen atoms in total. The van der Waals surface area contributed by atoms with Crippen molar-refractivity contribution >= 4 is 23.6 Å². The zero-order valence-corrected chi connectivity index (χ0v) is 27.0. The first kappa shape index (κ1) is 36.6. The number of aliphatic hydroxyl groups excluding tert-OH is 1. The van der Waals surface area contributed by atoms with Crippen molar-refractivity contribution in [2.24, 2.45) is 17.6 Å². The van der Waals surface area contributed by atoms with Gasteiger partial charge in [-0.05, 0) is 52.3 Å². The zero-order chi connectivity index (χ0) is 33.1. The number of aliphatic hydroxyl groups is 1. The van der Waals surface area contributed by atoms with Crippen molar-refractivity contribution in [1.82, 2.24) is 15.5 Å². The third-order valence-corrected chi connectivity index (χ3v) is 7.65. The van der Waals surface area contributed by atoms with E-state index in [1.807, 2.05) is 32.8 Å². The van der Waals surface area contributed by atoms with Gasteiger partial charge in [-0.25, -0.2) is 4.79 Å². The molecule has 0 spiro atoms. The van der Waals surface area contributed by atoms with Crippen molar-refractivity contribution in [2.75, 3.05) is 41.4 Å². The van der Waals surface area contributed by atoms with Crippen molar-refractivity contribution < 1.29 is 38.5 Å². The third kappa shape index (κ3) is 10.3. The maximum absolute atomic E-state index is 13.7. The first-order valence-electron chi connectivity index (χ1n) is 14.7. The maximum Gasteiger partial charge on any atom is 0.405 e. The summed E-state index contributed by atoms with van der Waals surface area (Å²) < 4.78 is 16.6. The molecule has 1 aliphatic carbocycles. The van der Waals surface area contributed by atoms with Crippen LogP contribution in [0.5, 0.6) is 0 Å². The summed E-state index contributed by atoms with van der Waals surface area (Å²) in [6.45, 7) is 8.09. The zero-order valence-electron chi connectivity index (χ0n) is 27.0. The highest BCUT2D eigenvalue weighted by Crippen LogP contribution is 2.28. The quantitative estimate of drug-likeness (QED) is 0.245. The van der Waals surface area contributed by atoms with Gasteiger partial charge in [0.1, 0.15) is 6.10 Å². The van der Waals surface area contributed by atoms with E-state index >= 15 is 0 Å². The van der Waals surface area contributed by atoms with E-state index in [1.165, 1.54) is 20.3 Å². The molecule has 0 saturated heterocycles. The number of ether oxygens (including phenoxy) is 3. The standard InChI is InChI=1S/C32H48N4O8/c1-18-14-22-27(34-12-13-36(5)6)24(37)17-23(29(22)39)35-31(40)19(2)10-9-11-25(42-7)30(44-32(33)41)21(4)16-20(3)28(38)26(15-18)43-8/h9-11,16-18,20,25-26,28,30,34,38H,12-15H2,1-8H3,(H2,33,41)(H,35,40)/b11-9-,19-10-,21-16?/t18-,20+,25+,26+,28-,30?/m1/s1. The van der Waals surface area contributed by atoms with Crippen LogP contribution < -0.4 is 16.4 Å². The molecule has 0 aromatic heterocycles. The fraction of sp³-hybridized carbons (Fsp3) is 0.562. The van der Waals surface area contributed by atoms with Gasteiger partial charge in [0.15, 0.2) is 6.10 Å². The number of ketones is 2. The summed E-state index contributed by atoms with van der Waals surface area (Å²) >= 11 is 0. The molecule has 2 bridgehead atoms. The van der Waals surface area contributed by atoms with Crippen LogP contribution in [0.15, 0.2) is 58.5 Å². The van der Waals surface area contributed by atoms with Gasteiger partial charge >= 0.3 is 6.09 Å². The summed E-state index contributed by atoms with van der Waals surface area (Å²) in [6, 6.07) is 0. The van der Waals surface area contributed by atoms with E-state index < -0.39 is 53.9 Å². The SMILES string of the molecule is CO[C@H]1/C=C\C=C(\C)C(=O)NC2=CC(=O)C(NCCN(C)C)=C(C[C@@H](C)C[C@H](OC)[C@H](O)[C@@H](C)C=C(C)C1OC(N)=O)C2=O. The van der Waals surface area contributed by atoms with Crippen molar-refractivity contribution in [3.63, 3.8) is 0 Å². The summed E-state index contributed by atoms with van der Waals surface area (Å²) in [5, 5.41) is 17.0. The largest absolute Gasteiger partial charge is 0.439 e. The van der Waals surface area contributed by atoms with Gasteiger partial charge in [-0.3, -0.25) is 14.4 Å². The van der Waals surface area contributed by atoms with Gasteiger partial charge in [-0.2, -0.15) is 0 Å². The number of rotatable bonds is 7. The van der Waals surface area contributed by atoms with E-state index in [4.69, 9.17) is 19.9 Å². The Labute approximate surface area is 260 Å². The molecule has 0 aromatic carbocycles. The van der Waals surface area contributed by atoms with Gasteiger partial charge in [-0.1, -0.05) is 38.2 Å². The fourth-order valence-corrected chi connectivity index (χ4v) is 5.18. The molecule has 12 heteroatoms. The monoisotopic (exact) mass is 616 g/mol. The highest BCUT2D eigenvalue weighted by Gasteiger charge is 2.33. The predicted molar refractivity (Wildman–Crippen MR) is 166 cm³/mol. The van der Waals surface area contributed by atoms with Crippen LogP contribution >= 0.6 is 0 Å². The fourth-order valence-electron chi connectivity index (χ4n) is 5.18. The molecule has 244 valence electrons. The molecule has 5 N–H and O–H groups in total. The van der Waals surface area contributed by atoms with Gasteiger partial charge in [-0.15, -0.1) is 0 Å². The van der Waals surface area contributed by atoms with Crippen molar-refractivity contribution in [3.05, 3.63) is 58.5 Å². The molecule has 2 rings (SSSR count). The number of nitrogens with one attached hydrogen (secondary N) is 2. The van der Waals surface area contributed by atoms with Crippen LogP contribution in [0.2, 0.25) is 0 Å². The van der Waals surface area contributed by atoms with E-state index in [9.17, 15) is 24.3 Å². The van der Waals surface area contributed by atoms with Crippen LogP contribution in [0, 0.1) is 11.8 Å². The van der Waals surface area contributed by atoms with Crippen LogP contribution in [0.1, 0.15) is 40.5 Å². The summed E-state index contributed by atoms with van der Waals surface area (Å²) in [6.07, 6.45) is 3.88. The Balaban J connectivity index is 2.60. The second-order valence-electron chi connectivity index (χ2n) is 11.7. The molecular weight excluding hydrogens is 568 g/mol. The molecule has 0 saturated carbocycles. The van der Waals surface area contributed by atoms with E-state index in [0.717, 1.165) is 6.08 Å². The number of Topliss-reactive ketones (excluding diaryl/α,β-unsaturated/α-hetero) is 1. The molecule has 0 fully saturated rings. The number of hydrogen-bond acceptors (Lipinski definition) is 10. The minimum atomic E-state index is -0.997. The predicted octanol–water partition coefficient (Wildman–Crippen LogP) is 1.91. The number of nitrogens with zero attached hydrogens (tertiary/aromatic N) is 1. The molecule has 2 aliphatic rings. The van der Waals surface area contributed by atoms with Gasteiger partial charge < -0.3 is 40.6 Å². The lowest BCUT2D eigenvalue weighted by atomic mass is 9.85. The van der Waals surface area contributed by atoms with E-state index in [0.29, 0.717) is 25.1 Å². The molecular formula is C32H48N4O8. The summed E-state index contributed by atoms with van der Waals surface area (Å²) in [4.78, 5) is 53.7. The molecule has 1 unspecified atom stereocenters. The Morgan fingerprint density at radius 3 is 2.43 bits per heavy atom. The molecule has 1 aliphatic heterocycles. The number of amides is 2. The second-order valence-corrected chi connectivity index (χ2v) is 11.7. The van der Waals surface area contributed by atoms with E-state index in [-0.39, 0.29) is 34.9 Å². The average molecular weight is 617 g/mol. The Morgan fingerprint density at radius 2 is 1.84 bits per heavy atom. The van der Waals surface area contributed by atoms with Gasteiger partial charge in [0.2, 0.25) is 11.6 Å². The number of primary amides is 1. The Kier molecular flexibility index (Phi) is 14.2. The van der Waals surface area contributed by atoms with Gasteiger partial charge in [0, 0.05) is 50.4 Å². The van der Waals surface area contributed by atoms with Crippen molar-refractivity contribution in [1.29, 1.82) is 0 Å². The van der Waals surface area contributed by atoms with Crippen molar-refractivity contribution in [2.45, 2.75) is 65.0 Å². The lowest BCUT2D eigenvalue weighted by Gasteiger charge is -2.30. The van der Waals surface area contributed by atoms with Gasteiger partial charge in [0.25, 0.3) is 5.91 Å². The topological polar surface area (TPSA) is 170 Å². The van der Waals surface area contributed by atoms with E-state index in [2.05, 4.69) is 10.6 Å². The molecule has 44 heavy (non-hydrogen) atoms. The minimum absolute atomic E-state index is 0.114. The first-order chi connectivity index (χ1) is 20.7. The lowest BCUT2D eigenvalue weighted by Crippen LogP contribution is -2.38. The summed E-state index contributed by atoms with van der Waals surface area (Å²) in [7, 11) is 6.74.